The van der Waals surface area contributed by atoms with Gasteiger partial charge in [-0.3, -0.25) is 0 Å². The van der Waals surface area contributed by atoms with E-state index >= 15 is 0 Å². The third-order valence-electron chi connectivity index (χ3n) is 3.99. The van der Waals surface area contributed by atoms with E-state index in [0.717, 1.165) is 17.2 Å². The minimum Gasteiger partial charge on any atom is -0.467 e. The molecule has 0 saturated carbocycles. The predicted molar refractivity (Wildman–Crippen MR) is 98.8 cm³/mol. The van der Waals surface area contributed by atoms with E-state index in [9.17, 15) is 0 Å². The van der Waals surface area contributed by atoms with Crippen molar-refractivity contribution in [2.24, 2.45) is 0 Å². The number of benzene rings is 1. The van der Waals surface area contributed by atoms with Gasteiger partial charge in [-0.05, 0) is 67.5 Å². The Balaban J connectivity index is 1.78. The van der Waals surface area contributed by atoms with E-state index in [1.54, 1.807) is 12.5 Å². The second kappa shape index (κ2) is 7.36. The van der Waals surface area contributed by atoms with Gasteiger partial charge in [0, 0.05) is 5.69 Å². The molecule has 1 aromatic carbocycles. The zero-order valence-corrected chi connectivity index (χ0v) is 14.6. The summed E-state index contributed by atoms with van der Waals surface area (Å²) in [6, 6.07) is 13.8. The van der Waals surface area contributed by atoms with Gasteiger partial charge in [0.2, 0.25) is 0 Å². The van der Waals surface area contributed by atoms with Crippen molar-refractivity contribution in [1.82, 2.24) is 4.90 Å². The summed E-state index contributed by atoms with van der Waals surface area (Å²) in [5, 5.41) is 3.99. The molecule has 0 fully saturated rings. The van der Waals surface area contributed by atoms with Crippen LogP contribution in [-0.4, -0.2) is 10.0 Å². The number of aryl methyl sites for hydroxylation is 1. The fourth-order valence-corrected chi connectivity index (χ4v) is 2.70. The Bertz CT molecular complexity index is 759. The van der Waals surface area contributed by atoms with Gasteiger partial charge in [0.1, 0.15) is 11.5 Å². The van der Waals surface area contributed by atoms with Crippen LogP contribution in [0.15, 0.2) is 63.8 Å². The normalized spacial score (nSPS) is 10.6. The third-order valence-corrected chi connectivity index (χ3v) is 4.35. The first kappa shape index (κ1) is 16.3. The molecular weight excluding hydrogens is 320 g/mol. The van der Waals surface area contributed by atoms with E-state index in [1.807, 2.05) is 41.3 Å². The number of hydrogen-bond donors (Lipinski definition) is 1. The molecule has 0 aliphatic carbocycles. The maximum atomic E-state index is 5.64. The maximum absolute atomic E-state index is 5.64. The zero-order valence-electron chi connectivity index (χ0n) is 13.8. The molecule has 3 aromatic rings. The summed E-state index contributed by atoms with van der Waals surface area (Å²) in [7, 11) is 0. The Morgan fingerprint density at radius 1 is 0.958 bits per heavy atom. The van der Waals surface area contributed by atoms with Gasteiger partial charge in [-0.1, -0.05) is 12.1 Å². The van der Waals surface area contributed by atoms with Crippen LogP contribution < -0.4 is 5.32 Å². The summed E-state index contributed by atoms with van der Waals surface area (Å²) in [4.78, 5) is 2.02. The highest BCUT2D eigenvalue weighted by Crippen LogP contribution is 2.20. The smallest absolute Gasteiger partial charge is 0.174 e. The van der Waals surface area contributed by atoms with E-state index in [1.165, 1.54) is 11.1 Å². The van der Waals surface area contributed by atoms with Crippen LogP contribution in [0.2, 0.25) is 0 Å². The molecule has 124 valence electrons. The second-order valence-electron chi connectivity index (χ2n) is 5.69. The third kappa shape index (κ3) is 3.86. The topological polar surface area (TPSA) is 41.5 Å². The Hall–Kier alpha value is -2.53. The highest BCUT2D eigenvalue weighted by molar-refractivity contribution is 7.80. The van der Waals surface area contributed by atoms with Gasteiger partial charge in [-0.15, -0.1) is 0 Å². The van der Waals surface area contributed by atoms with Gasteiger partial charge >= 0.3 is 0 Å². The van der Waals surface area contributed by atoms with E-state index in [4.69, 9.17) is 21.1 Å². The fourth-order valence-electron chi connectivity index (χ4n) is 2.46. The van der Waals surface area contributed by atoms with Gasteiger partial charge in [-0.2, -0.15) is 0 Å². The highest BCUT2D eigenvalue weighted by atomic mass is 32.1. The summed E-state index contributed by atoms with van der Waals surface area (Å²) in [5.41, 5.74) is 3.44. The first-order valence-corrected chi connectivity index (χ1v) is 8.21. The van der Waals surface area contributed by atoms with E-state index in [0.29, 0.717) is 18.2 Å². The van der Waals surface area contributed by atoms with Crippen LogP contribution in [0.1, 0.15) is 22.6 Å². The number of nitrogens with one attached hydrogen (secondary N) is 1. The van der Waals surface area contributed by atoms with Crippen molar-refractivity contribution in [1.29, 1.82) is 0 Å². The molecule has 0 aliphatic heterocycles. The van der Waals surface area contributed by atoms with Crippen LogP contribution in [0.25, 0.3) is 0 Å². The Morgan fingerprint density at radius 2 is 1.58 bits per heavy atom. The van der Waals surface area contributed by atoms with Crippen molar-refractivity contribution in [3.05, 3.63) is 77.6 Å². The number of nitrogens with zero attached hydrogens (tertiary/aromatic N) is 1. The lowest BCUT2D eigenvalue weighted by Crippen LogP contribution is -2.33. The minimum atomic E-state index is 0.574. The van der Waals surface area contributed by atoms with Gasteiger partial charge in [0.15, 0.2) is 5.11 Å². The monoisotopic (exact) mass is 340 g/mol. The quantitative estimate of drug-likeness (QED) is 0.670. The highest BCUT2D eigenvalue weighted by Gasteiger charge is 2.15. The second-order valence-corrected chi connectivity index (χ2v) is 6.08. The van der Waals surface area contributed by atoms with Gasteiger partial charge in [0.25, 0.3) is 0 Å². The van der Waals surface area contributed by atoms with Gasteiger partial charge in [-0.25, -0.2) is 0 Å². The average Bonchev–Trinajstić information content (AvgIpc) is 3.25. The minimum absolute atomic E-state index is 0.574. The number of furan rings is 2. The molecule has 24 heavy (non-hydrogen) atoms. The molecule has 2 aromatic heterocycles. The number of thiocarbonyl (C=S) groups is 1. The predicted octanol–water partition coefficient (Wildman–Crippen LogP) is 4.89. The summed E-state index contributed by atoms with van der Waals surface area (Å²) >= 11 is 5.64. The largest absolute Gasteiger partial charge is 0.467 e. The van der Waals surface area contributed by atoms with Crippen LogP contribution in [0.5, 0.6) is 0 Å². The molecule has 4 nitrogen and oxygen atoms in total. The summed E-state index contributed by atoms with van der Waals surface area (Å²) in [6.45, 7) is 5.32. The van der Waals surface area contributed by atoms with Crippen LogP contribution in [0, 0.1) is 13.8 Å². The first-order chi connectivity index (χ1) is 11.6. The lowest BCUT2D eigenvalue weighted by atomic mass is 10.1. The molecule has 0 aliphatic rings. The summed E-state index contributed by atoms with van der Waals surface area (Å²) in [6.07, 6.45) is 3.34. The zero-order chi connectivity index (χ0) is 16.9. The van der Waals surface area contributed by atoms with Gasteiger partial charge in [0.05, 0.1) is 25.6 Å². The van der Waals surface area contributed by atoms with E-state index in [2.05, 4.69) is 25.2 Å². The molecule has 1 N–H and O–H groups in total. The molecule has 0 amide bonds. The van der Waals surface area contributed by atoms with Crippen LogP contribution in [-0.2, 0) is 13.1 Å². The Morgan fingerprint density at radius 3 is 2.12 bits per heavy atom. The standard InChI is InChI=1S/C19H20N2O2S/c1-14-6-3-9-18(15(14)2)20-19(24)21(12-16-7-4-10-22-16)13-17-8-5-11-23-17/h3-11H,12-13H2,1-2H3,(H,20,24). The van der Waals surface area contributed by atoms with Crippen LogP contribution in [0.3, 0.4) is 0 Å². The molecule has 0 spiro atoms. The Labute approximate surface area is 147 Å². The fraction of sp³-hybridized carbons (Fsp3) is 0.211. The number of hydrogen-bond acceptors (Lipinski definition) is 3. The molecule has 0 saturated heterocycles. The van der Waals surface area contributed by atoms with Crippen LogP contribution in [0.4, 0.5) is 5.69 Å². The van der Waals surface area contributed by atoms with E-state index in [-0.39, 0.29) is 0 Å². The molecule has 0 radical (unpaired) electrons. The lowest BCUT2D eigenvalue weighted by molar-refractivity contribution is 0.329. The Kier molecular flexibility index (Phi) is 5.01. The van der Waals surface area contributed by atoms with Crippen molar-refractivity contribution < 1.29 is 8.83 Å². The summed E-state index contributed by atoms with van der Waals surface area (Å²) < 4.78 is 10.9. The van der Waals surface area contributed by atoms with Crippen molar-refractivity contribution in [3.63, 3.8) is 0 Å². The molecule has 5 heteroatoms. The SMILES string of the molecule is Cc1cccc(NC(=S)N(Cc2ccco2)Cc2ccco2)c1C. The molecular formula is C19H20N2O2S. The number of anilines is 1. The van der Waals surface area contributed by atoms with Gasteiger partial charge < -0.3 is 19.1 Å². The van der Waals surface area contributed by atoms with Crippen molar-refractivity contribution in [3.8, 4) is 0 Å². The van der Waals surface area contributed by atoms with Crippen molar-refractivity contribution in [2.75, 3.05) is 5.32 Å². The molecule has 0 atom stereocenters. The first-order valence-electron chi connectivity index (χ1n) is 7.80. The van der Waals surface area contributed by atoms with Crippen LogP contribution >= 0.6 is 12.2 Å². The van der Waals surface area contributed by atoms with Crippen molar-refractivity contribution in [2.45, 2.75) is 26.9 Å². The van der Waals surface area contributed by atoms with E-state index < -0.39 is 0 Å². The maximum Gasteiger partial charge on any atom is 0.174 e. The lowest BCUT2D eigenvalue weighted by Gasteiger charge is -2.25. The summed E-state index contributed by atoms with van der Waals surface area (Å²) in [5.74, 6) is 1.71. The molecule has 0 unspecified atom stereocenters. The number of rotatable bonds is 5. The molecule has 0 bridgehead atoms. The molecule has 3 rings (SSSR count). The average molecular weight is 340 g/mol. The molecule has 2 heterocycles. The van der Waals surface area contributed by atoms with Crippen molar-refractivity contribution >= 4 is 23.0 Å².